The normalized spacial score (nSPS) is 18.4. The van der Waals surface area contributed by atoms with Crippen molar-refractivity contribution in [3.05, 3.63) is 35.4 Å². The van der Waals surface area contributed by atoms with Crippen LogP contribution in [0.2, 0.25) is 0 Å². The highest BCUT2D eigenvalue weighted by Crippen LogP contribution is 2.33. The van der Waals surface area contributed by atoms with Crippen LogP contribution in [0, 0.1) is 6.92 Å². The Morgan fingerprint density at radius 1 is 1.15 bits per heavy atom. The van der Waals surface area contributed by atoms with Crippen LogP contribution in [-0.4, -0.2) is 34.7 Å². The van der Waals surface area contributed by atoms with Gasteiger partial charge >= 0.3 is 0 Å². The van der Waals surface area contributed by atoms with Gasteiger partial charge in [-0.2, -0.15) is 0 Å². The predicted molar refractivity (Wildman–Crippen MR) is 85.0 cm³/mol. The van der Waals surface area contributed by atoms with Gasteiger partial charge < -0.3 is 5.11 Å². The maximum atomic E-state index is 11.0. The highest BCUT2D eigenvalue weighted by Gasteiger charge is 2.41. The van der Waals surface area contributed by atoms with Crippen LogP contribution < -0.4 is 0 Å². The van der Waals surface area contributed by atoms with E-state index in [2.05, 4.69) is 49.9 Å². The van der Waals surface area contributed by atoms with Crippen LogP contribution in [0.15, 0.2) is 24.3 Å². The number of likely N-dealkylation sites (tertiary alicyclic amines) is 1. The summed E-state index contributed by atoms with van der Waals surface area (Å²) in [5, 5.41) is 11.0. The average molecular weight is 275 g/mol. The highest BCUT2D eigenvalue weighted by molar-refractivity contribution is 5.26. The maximum Gasteiger partial charge on any atom is 0.0763 e. The Balaban J connectivity index is 2.18. The van der Waals surface area contributed by atoms with Gasteiger partial charge in [0.1, 0.15) is 0 Å². The van der Waals surface area contributed by atoms with Gasteiger partial charge in [0.2, 0.25) is 0 Å². The van der Waals surface area contributed by atoms with Gasteiger partial charge in [-0.1, -0.05) is 38.1 Å². The summed E-state index contributed by atoms with van der Waals surface area (Å²) in [6.45, 7) is 8.88. The molecule has 1 aromatic rings. The van der Waals surface area contributed by atoms with E-state index in [4.69, 9.17) is 0 Å². The number of rotatable bonds is 6. The molecule has 1 N–H and O–H groups in total. The topological polar surface area (TPSA) is 23.5 Å². The molecule has 0 radical (unpaired) electrons. The van der Waals surface area contributed by atoms with E-state index in [9.17, 15) is 5.11 Å². The molecule has 0 spiro atoms. The summed E-state index contributed by atoms with van der Waals surface area (Å²) in [4.78, 5) is 2.54. The number of nitrogens with zero attached hydrogens (tertiary/aromatic N) is 1. The summed E-state index contributed by atoms with van der Waals surface area (Å²) < 4.78 is 0. The van der Waals surface area contributed by atoms with Crippen molar-refractivity contribution in [3.63, 3.8) is 0 Å². The van der Waals surface area contributed by atoms with Crippen LogP contribution in [0.5, 0.6) is 0 Å². The number of aliphatic hydroxyl groups excluding tert-OH is 1. The van der Waals surface area contributed by atoms with Gasteiger partial charge in [-0.05, 0) is 56.8 Å². The molecule has 1 aliphatic heterocycles. The molecule has 20 heavy (non-hydrogen) atoms. The molecule has 1 aliphatic rings. The average Bonchev–Trinajstić information content (AvgIpc) is 2.98. The minimum atomic E-state index is -0.281. The minimum absolute atomic E-state index is 0.0429. The summed E-state index contributed by atoms with van der Waals surface area (Å²) in [5.74, 6) is 0. The van der Waals surface area contributed by atoms with E-state index in [-0.39, 0.29) is 11.6 Å². The molecule has 1 aromatic carbocycles. The maximum absolute atomic E-state index is 11.0. The number of benzene rings is 1. The van der Waals surface area contributed by atoms with E-state index in [1.165, 1.54) is 24.0 Å². The molecule has 1 atom stereocenters. The fourth-order valence-electron chi connectivity index (χ4n) is 3.78. The summed E-state index contributed by atoms with van der Waals surface area (Å²) >= 11 is 0. The molecule has 2 heteroatoms. The third-order valence-electron chi connectivity index (χ3n) is 5.26. The fraction of sp³-hybridized carbons (Fsp3) is 0.667. The van der Waals surface area contributed by atoms with Gasteiger partial charge in [0.25, 0.3) is 0 Å². The molecule has 1 fully saturated rings. The van der Waals surface area contributed by atoms with E-state index >= 15 is 0 Å². The van der Waals surface area contributed by atoms with Gasteiger partial charge in [-0.25, -0.2) is 0 Å². The van der Waals surface area contributed by atoms with Crippen molar-refractivity contribution in [2.75, 3.05) is 13.1 Å². The van der Waals surface area contributed by atoms with Crippen molar-refractivity contribution in [3.8, 4) is 0 Å². The quantitative estimate of drug-likeness (QED) is 0.858. The Morgan fingerprint density at radius 2 is 1.75 bits per heavy atom. The van der Waals surface area contributed by atoms with Crippen LogP contribution in [-0.2, 0) is 6.42 Å². The Morgan fingerprint density at radius 3 is 2.30 bits per heavy atom. The minimum Gasteiger partial charge on any atom is -0.391 e. The van der Waals surface area contributed by atoms with Crippen molar-refractivity contribution in [1.82, 2.24) is 4.90 Å². The lowest BCUT2D eigenvalue weighted by molar-refractivity contribution is -0.0270. The van der Waals surface area contributed by atoms with Crippen molar-refractivity contribution < 1.29 is 5.11 Å². The summed E-state index contributed by atoms with van der Waals surface area (Å²) in [6.07, 6.45) is 5.09. The van der Waals surface area contributed by atoms with Crippen molar-refractivity contribution >= 4 is 0 Å². The first-order valence-corrected chi connectivity index (χ1v) is 8.11. The first kappa shape index (κ1) is 15.5. The molecule has 0 aliphatic carbocycles. The first-order valence-electron chi connectivity index (χ1n) is 8.11. The smallest absolute Gasteiger partial charge is 0.0763 e. The lowest BCUT2D eigenvalue weighted by atomic mass is 9.81. The first-order chi connectivity index (χ1) is 9.64. The monoisotopic (exact) mass is 275 g/mol. The third-order valence-corrected chi connectivity index (χ3v) is 5.26. The summed E-state index contributed by atoms with van der Waals surface area (Å²) in [6, 6.07) is 8.43. The van der Waals surface area contributed by atoms with Gasteiger partial charge in [0.15, 0.2) is 0 Å². The van der Waals surface area contributed by atoms with E-state index in [0.29, 0.717) is 0 Å². The predicted octanol–water partition coefficient (Wildman–Crippen LogP) is 3.55. The fourth-order valence-corrected chi connectivity index (χ4v) is 3.78. The molecular weight excluding hydrogens is 246 g/mol. The number of aliphatic hydroxyl groups is 1. The van der Waals surface area contributed by atoms with E-state index < -0.39 is 0 Å². The molecule has 1 saturated heterocycles. The Bertz CT molecular complexity index is 419. The van der Waals surface area contributed by atoms with Gasteiger partial charge in [0, 0.05) is 12.0 Å². The summed E-state index contributed by atoms with van der Waals surface area (Å²) in [5.41, 5.74) is 2.53. The zero-order valence-corrected chi connectivity index (χ0v) is 13.2. The number of aryl methyl sites for hydroxylation is 1. The lowest BCUT2D eigenvalue weighted by Gasteiger charge is -2.44. The molecule has 2 rings (SSSR count). The Hall–Kier alpha value is -0.860. The summed E-state index contributed by atoms with van der Waals surface area (Å²) in [7, 11) is 0. The number of hydrogen-bond acceptors (Lipinski definition) is 2. The van der Waals surface area contributed by atoms with Gasteiger partial charge in [-0.3, -0.25) is 4.90 Å². The standard InChI is InChI=1S/C18H29NO/c1-4-18(5-2,19-12-8-9-13-19)17(20)14-16-11-7-6-10-15(16)3/h6-7,10-11,17,20H,4-5,8-9,12-14H2,1-3H3. The molecule has 1 unspecified atom stereocenters. The van der Waals surface area contributed by atoms with Crippen molar-refractivity contribution in [2.45, 2.75) is 64.5 Å². The Kier molecular flexibility index (Phi) is 5.22. The Labute approximate surface area is 123 Å². The largest absolute Gasteiger partial charge is 0.391 e. The SMILES string of the molecule is CCC(CC)(C(O)Cc1ccccc1C)N1CCCC1. The zero-order valence-electron chi connectivity index (χ0n) is 13.2. The zero-order chi connectivity index (χ0) is 14.6. The second kappa shape index (κ2) is 6.73. The molecule has 2 nitrogen and oxygen atoms in total. The molecule has 0 aromatic heterocycles. The van der Waals surface area contributed by atoms with E-state index in [1.54, 1.807) is 0 Å². The van der Waals surface area contributed by atoms with Crippen molar-refractivity contribution in [1.29, 1.82) is 0 Å². The van der Waals surface area contributed by atoms with Crippen LogP contribution >= 0.6 is 0 Å². The van der Waals surface area contributed by atoms with Crippen molar-refractivity contribution in [2.24, 2.45) is 0 Å². The van der Waals surface area contributed by atoms with Gasteiger partial charge in [-0.15, -0.1) is 0 Å². The third kappa shape index (κ3) is 2.91. The molecule has 0 saturated carbocycles. The highest BCUT2D eigenvalue weighted by atomic mass is 16.3. The molecule has 1 heterocycles. The van der Waals surface area contributed by atoms with E-state index in [0.717, 1.165) is 32.4 Å². The van der Waals surface area contributed by atoms with E-state index in [1.807, 2.05) is 0 Å². The second-order valence-electron chi connectivity index (χ2n) is 6.15. The van der Waals surface area contributed by atoms with Crippen LogP contribution in [0.3, 0.4) is 0 Å². The van der Waals surface area contributed by atoms with Crippen LogP contribution in [0.4, 0.5) is 0 Å². The number of hydrogen-bond donors (Lipinski definition) is 1. The van der Waals surface area contributed by atoms with Gasteiger partial charge in [0.05, 0.1) is 6.10 Å². The van der Waals surface area contributed by atoms with Crippen LogP contribution in [0.1, 0.15) is 50.7 Å². The van der Waals surface area contributed by atoms with Crippen LogP contribution in [0.25, 0.3) is 0 Å². The lowest BCUT2D eigenvalue weighted by Crippen LogP contribution is -2.55. The second-order valence-corrected chi connectivity index (χ2v) is 6.15. The molecule has 0 bridgehead atoms. The molecule has 112 valence electrons. The molecular formula is C18H29NO. The molecule has 0 amide bonds.